The molecule has 0 radical (unpaired) electrons. The molecule has 0 aliphatic carbocycles. The quantitative estimate of drug-likeness (QED) is 0.354. The first-order valence-corrected chi connectivity index (χ1v) is 8.00. The second kappa shape index (κ2) is 13.1. The van der Waals surface area contributed by atoms with Crippen molar-refractivity contribution in [2.75, 3.05) is 0 Å². The van der Waals surface area contributed by atoms with Crippen molar-refractivity contribution >= 4 is 0 Å². The molecule has 0 saturated carbocycles. The van der Waals surface area contributed by atoms with Crippen LogP contribution in [0.3, 0.4) is 0 Å². The van der Waals surface area contributed by atoms with Gasteiger partial charge in [-0.25, -0.2) is 0 Å². The fourth-order valence-electron chi connectivity index (χ4n) is 2.31. The highest BCUT2D eigenvalue weighted by Gasteiger charge is 1.99. The summed E-state index contributed by atoms with van der Waals surface area (Å²) in [7, 11) is 0. The summed E-state index contributed by atoms with van der Waals surface area (Å²) in [6, 6.07) is 0. The fraction of sp³-hybridized carbons (Fsp3) is 0.882. The Morgan fingerprint density at radius 3 is 1.72 bits per heavy atom. The molecule has 0 aromatic carbocycles. The second-order valence-electron chi connectivity index (χ2n) is 5.78. The standard InChI is InChI=1S/C17H34O/c1-4-5-6-7-8-9-10-11-12-13-14-17(18)15-16(2)3/h15,17-18H,4-14H2,1-3H3. The van der Waals surface area contributed by atoms with Crippen molar-refractivity contribution in [3.05, 3.63) is 11.6 Å². The lowest BCUT2D eigenvalue weighted by Gasteiger charge is -2.06. The van der Waals surface area contributed by atoms with E-state index in [-0.39, 0.29) is 6.10 Å². The van der Waals surface area contributed by atoms with Gasteiger partial charge in [-0.05, 0) is 20.3 Å². The number of hydrogen-bond acceptors (Lipinski definition) is 1. The molecule has 1 unspecified atom stereocenters. The second-order valence-corrected chi connectivity index (χ2v) is 5.78. The summed E-state index contributed by atoms with van der Waals surface area (Å²) in [5, 5.41) is 9.67. The smallest absolute Gasteiger partial charge is 0.0723 e. The Bertz CT molecular complexity index is 192. The molecule has 0 aliphatic heterocycles. The summed E-state index contributed by atoms with van der Waals surface area (Å²) in [4.78, 5) is 0. The van der Waals surface area contributed by atoms with Crippen LogP contribution in [0.1, 0.15) is 91.4 Å². The van der Waals surface area contributed by atoms with Gasteiger partial charge < -0.3 is 5.11 Å². The van der Waals surface area contributed by atoms with E-state index in [2.05, 4.69) is 6.92 Å². The van der Waals surface area contributed by atoms with Crippen molar-refractivity contribution in [2.45, 2.75) is 97.5 Å². The summed E-state index contributed by atoms with van der Waals surface area (Å²) in [6.07, 6.45) is 16.3. The number of unbranched alkanes of at least 4 members (excludes halogenated alkanes) is 9. The lowest BCUT2D eigenvalue weighted by molar-refractivity contribution is 0.207. The van der Waals surface area contributed by atoms with Crippen molar-refractivity contribution in [1.29, 1.82) is 0 Å². The van der Waals surface area contributed by atoms with Crippen LogP contribution < -0.4 is 0 Å². The summed E-state index contributed by atoms with van der Waals surface area (Å²) < 4.78 is 0. The van der Waals surface area contributed by atoms with E-state index in [1.807, 2.05) is 19.9 Å². The van der Waals surface area contributed by atoms with Gasteiger partial charge >= 0.3 is 0 Å². The third-order valence-corrected chi connectivity index (χ3v) is 3.38. The van der Waals surface area contributed by atoms with Crippen molar-refractivity contribution < 1.29 is 5.11 Å². The number of aliphatic hydroxyl groups is 1. The minimum atomic E-state index is -0.218. The zero-order valence-electron chi connectivity index (χ0n) is 12.9. The molecule has 0 saturated heterocycles. The summed E-state index contributed by atoms with van der Waals surface area (Å²) >= 11 is 0. The number of rotatable bonds is 12. The molecule has 1 atom stereocenters. The van der Waals surface area contributed by atoms with Crippen LogP contribution in [0.5, 0.6) is 0 Å². The number of hydrogen-bond donors (Lipinski definition) is 1. The van der Waals surface area contributed by atoms with Crippen molar-refractivity contribution in [2.24, 2.45) is 0 Å². The number of allylic oxidation sites excluding steroid dienone is 1. The maximum Gasteiger partial charge on any atom is 0.0723 e. The van der Waals surface area contributed by atoms with E-state index >= 15 is 0 Å². The molecule has 1 heteroatoms. The van der Waals surface area contributed by atoms with Crippen LogP contribution in [0.2, 0.25) is 0 Å². The first kappa shape index (κ1) is 17.7. The van der Waals surface area contributed by atoms with Crippen LogP contribution in [-0.2, 0) is 0 Å². The Hall–Kier alpha value is -0.300. The molecule has 0 amide bonds. The topological polar surface area (TPSA) is 20.2 Å². The normalized spacial score (nSPS) is 12.4. The molecule has 0 rings (SSSR count). The molecule has 108 valence electrons. The lowest BCUT2D eigenvalue weighted by atomic mass is 10.0. The van der Waals surface area contributed by atoms with Gasteiger partial charge in [-0.15, -0.1) is 0 Å². The summed E-state index contributed by atoms with van der Waals surface area (Å²) in [5.41, 5.74) is 1.22. The highest BCUT2D eigenvalue weighted by Crippen LogP contribution is 2.12. The third-order valence-electron chi connectivity index (χ3n) is 3.38. The Morgan fingerprint density at radius 2 is 1.28 bits per heavy atom. The van der Waals surface area contributed by atoms with Crippen LogP contribution in [0, 0.1) is 0 Å². The van der Waals surface area contributed by atoms with E-state index in [1.165, 1.54) is 69.8 Å². The lowest BCUT2D eigenvalue weighted by Crippen LogP contribution is -2.02. The highest BCUT2D eigenvalue weighted by atomic mass is 16.3. The molecule has 0 bridgehead atoms. The molecular formula is C17H34O. The molecule has 0 aliphatic rings. The van der Waals surface area contributed by atoms with E-state index in [9.17, 15) is 5.11 Å². The van der Waals surface area contributed by atoms with E-state index in [0.29, 0.717) is 0 Å². The Labute approximate surface area is 115 Å². The molecule has 0 aromatic rings. The SMILES string of the molecule is CCCCCCCCCCCCC(O)C=C(C)C. The predicted octanol–water partition coefficient (Wildman–Crippen LogP) is 5.62. The molecule has 1 N–H and O–H groups in total. The van der Waals surface area contributed by atoms with Gasteiger partial charge in [-0.1, -0.05) is 82.8 Å². The van der Waals surface area contributed by atoms with Crippen LogP contribution in [0.25, 0.3) is 0 Å². The number of aliphatic hydroxyl groups excluding tert-OH is 1. The predicted molar refractivity (Wildman–Crippen MR) is 81.9 cm³/mol. The van der Waals surface area contributed by atoms with Crippen LogP contribution >= 0.6 is 0 Å². The zero-order valence-corrected chi connectivity index (χ0v) is 12.9. The van der Waals surface area contributed by atoms with Gasteiger partial charge in [0.1, 0.15) is 0 Å². The summed E-state index contributed by atoms with van der Waals surface area (Å²) in [6.45, 7) is 6.35. The fourth-order valence-corrected chi connectivity index (χ4v) is 2.31. The van der Waals surface area contributed by atoms with E-state index < -0.39 is 0 Å². The maximum absolute atomic E-state index is 9.67. The average Bonchev–Trinajstić information content (AvgIpc) is 2.30. The van der Waals surface area contributed by atoms with Gasteiger partial charge in [0, 0.05) is 0 Å². The minimum Gasteiger partial charge on any atom is -0.389 e. The molecule has 18 heavy (non-hydrogen) atoms. The molecule has 0 spiro atoms. The maximum atomic E-state index is 9.67. The first-order chi connectivity index (χ1) is 8.66. The molecule has 0 fully saturated rings. The monoisotopic (exact) mass is 254 g/mol. The van der Waals surface area contributed by atoms with Crippen LogP contribution in [0.4, 0.5) is 0 Å². The van der Waals surface area contributed by atoms with Crippen LogP contribution in [0.15, 0.2) is 11.6 Å². The van der Waals surface area contributed by atoms with Crippen molar-refractivity contribution in [3.8, 4) is 0 Å². The zero-order chi connectivity index (χ0) is 13.6. The Balaban J connectivity index is 3.14. The van der Waals surface area contributed by atoms with Crippen molar-refractivity contribution in [1.82, 2.24) is 0 Å². The van der Waals surface area contributed by atoms with E-state index in [0.717, 1.165) is 6.42 Å². The summed E-state index contributed by atoms with van der Waals surface area (Å²) in [5.74, 6) is 0. The largest absolute Gasteiger partial charge is 0.389 e. The van der Waals surface area contributed by atoms with Gasteiger partial charge in [0.05, 0.1) is 6.10 Å². The Kier molecular flexibility index (Phi) is 12.9. The van der Waals surface area contributed by atoms with E-state index in [4.69, 9.17) is 0 Å². The molecule has 1 nitrogen and oxygen atoms in total. The van der Waals surface area contributed by atoms with Gasteiger partial charge in [-0.3, -0.25) is 0 Å². The van der Waals surface area contributed by atoms with Gasteiger partial charge in [0.2, 0.25) is 0 Å². The van der Waals surface area contributed by atoms with Crippen molar-refractivity contribution in [3.63, 3.8) is 0 Å². The van der Waals surface area contributed by atoms with Gasteiger partial charge in [0.25, 0.3) is 0 Å². The van der Waals surface area contributed by atoms with E-state index in [1.54, 1.807) is 0 Å². The molecule has 0 heterocycles. The first-order valence-electron chi connectivity index (χ1n) is 8.00. The third kappa shape index (κ3) is 13.8. The van der Waals surface area contributed by atoms with Gasteiger partial charge in [-0.2, -0.15) is 0 Å². The van der Waals surface area contributed by atoms with Gasteiger partial charge in [0.15, 0.2) is 0 Å². The van der Waals surface area contributed by atoms with Crippen LogP contribution in [-0.4, -0.2) is 11.2 Å². The average molecular weight is 254 g/mol. The molecule has 0 aromatic heterocycles. The highest BCUT2D eigenvalue weighted by molar-refractivity contribution is 4.97. The molecular weight excluding hydrogens is 220 g/mol. The Morgan fingerprint density at radius 1 is 0.833 bits per heavy atom. The minimum absolute atomic E-state index is 0.218.